The molecule has 84 valence electrons. The lowest BCUT2D eigenvalue weighted by Gasteiger charge is -1.97. The number of aromatic nitrogens is 1. The van der Waals surface area contributed by atoms with Crippen LogP contribution in [0.25, 0.3) is 0 Å². The van der Waals surface area contributed by atoms with Crippen molar-refractivity contribution in [3.8, 4) is 5.75 Å². The molecule has 2 N–H and O–H groups in total. The molecular weight excluding hydrogens is 204 g/mol. The van der Waals surface area contributed by atoms with Gasteiger partial charge in [0.25, 0.3) is 0 Å². The van der Waals surface area contributed by atoms with Crippen molar-refractivity contribution in [2.24, 2.45) is 0 Å². The summed E-state index contributed by atoms with van der Waals surface area (Å²) in [6.07, 6.45) is 2.37. The average molecular weight is 218 g/mol. The smallest absolute Gasteiger partial charge is 0.198 e. The molecule has 0 aliphatic rings. The minimum absolute atomic E-state index is 0.270. The summed E-state index contributed by atoms with van der Waals surface area (Å²) < 4.78 is 5.52. The Labute approximate surface area is 93.9 Å². The van der Waals surface area contributed by atoms with Crippen LogP contribution in [0.15, 0.2) is 34.9 Å². The number of phenolic OH excluding ortho intramolecular Hbond substituents is 1. The summed E-state index contributed by atoms with van der Waals surface area (Å²) in [5.74, 6) is 1.79. The van der Waals surface area contributed by atoms with E-state index in [4.69, 9.17) is 9.52 Å². The summed E-state index contributed by atoms with van der Waals surface area (Å²) in [5.41, 5.74) is 1.07. The fourth-order valence-corrected chi connectivity index (χ4v) is 1.47. The van der Waals surface area contributed by atoms with Crippen molar-refractivity contribution >= 4 is 0 Å². The van der Waals surface area contributed by atoms with E-state index in [0.29, 0.717) is 18.9 Å². The molecule has 2 aromatic rings. The van der Waals surface area contributed by atoms with Gasteiger partial charge >= 0.3 is 0 Å². The summed E-state index contributed by atoms with van der Waals surface area (Å²) in [6, 6.07) is 7.04. The fourth-order valence-electron chi connectivity index (χ4n) is 1.47. The lowest BCUT2D eigenvalue weighted by molar-refractivity contribution is 0.453. The Bertz CT molecular complexity index is 448. The molecule has 0 bridgehead atoms. The number of hydrogen-bond acceptors (Lipinski definition) is 4. The Balaban J connectivity index is 2.05. The molecule has 4 nitrogen and oxygen atoms in total. The predicted octanol–water partition coefficient (Wildman–Crippen LogP) is 1.69. The molecule has 1 aromatic carbocycles. The van der Waals surface area contributed by atoms with Crippen LogP contribution in [0.1, 0.15) is 17.2 Å². The van der Waals surface area contributed by atoms with Crippen molar-refractivity contribution in [2.45, 2.75) is 13.0 Å². The predicted molar refractivity (Wildman–Crippen MR) is 60.2 cm³/mol. The van der Waals surface area contributed by atoms with E-state index in [1.807, 2.05) is 19.2 Å². The van der Waals surface area contributed by atoms with Crippen LogP contribution < -0.4 is 5.32 Å². The molecule has 1 heterocycles. The molecule has 0 amide bonds. The highest BCUT2D eigenvalue weighted by molar-refractivity contribution is 5.27. The van der Waals surface area contributed by atoms with E-state index in [-0.39, 0.29) is 5.75 Å². The first kappa shape index (κ1) is 10.7. The molecule has 1 aromatic heterocycles. The number of oxazole rings is 1. The van der Waals surface area contributed by atoms with Crippen LogP contribution in [0, 0.1) is 0 Å². The largest absolute Gasteiger partial charge is 0.508 e. The van der Waals surface area contributed by atoms with Crippen molar-refractivity contribution in [2.75, 3.05) is 7.05 Å². The number of phenols is 1. The molecule has 0 aliphatic heterocycles. The second-order valence-corrected chi connectivity index (χ2v) is 3.59. The summed E-state index contributed by atoms with van der Waals surface area (Å²) in [6.45, 7) is 0.683. The van der Waals surface area contributed by atoms with Crippen molar-refractivity contribution in [1.82, 2.24) is 10.3 Å². The maximum Gasteiger partial charge on any atom is 0.198 e. The van der Waals surface area contributed by atoms with Gasteiger partial charge in [0, 0.05) is 6.42 Å². The topological polar surface area (TPSA) is 58.3 Å². The molecule has 0 atom stereocenters. The zero-order valence-corrected chi connectivity index (χ0v) is 9.10. The van der Waals surface area contributed by atoms with Crippen LogP contribution in [0.4, 0.5) is 0 Å². The molecular formula is C12H14N2O2. The van der Waals surface area contributed by atoms with Gasteiger partial charge in [-0.25, -0.2) is 4.98 Å². The van der Waals surface area contributed by atoms with E-state index in [1.54, 1.807) is 18.3 Å². The maximum atomic E-state index is 9.15. The van der Waals surface area contributed by atoms with Gasteiger partial charge in [-0.1, -0.05) is 12.1 Å². The van der Waals surface area contributed by atoms with E-state index in [9.17, 15) is 0 Å². The van der Waals surface area contributed by atoms with Gasteiger partial charge in [-0.15, -0.1) is 0 Å². The first-order chi connectivity index (χ1) is 7.78. The number of rotatable bonds is 4. The minimum Gasteiger partial charge on any atom is -0.508 e. The number of benzene rings is 1. The Morgan fingerprint density at radius 2 is 2.06 bits per heavy atom. The zero-order chi connectivity index (χ0) is 11.4. The van der Waals surface area contributed by atoms with Crippen LogP contribution in [0.2, 0.25) is 0 Å². The molecule has 0 fully saturated rings. The fraction of sp³-hybridized carbons (Fsp3) is 0.250. The van der Waals surface area contributed by atoms with Crippen LogP contribution >= 0.6 is 0 Å². The van der Waals surface area contributed by atoms with Gasteiger partial charge in [-0.2, -0.15) is 0 Å². The van der Waals surface area contributed by atoms with Crippen molar-refractivity contribution < 1.29 is 9.52 Å². The van der Waals surface area contributed by atoms with Gasteiger partial charge in [0.2, 0.25) is 0 Å². The van der Waals surface area contributed by atoms with Crippen LogP contribution in [0.3, 0.4) is 0 Å². The van der Waals surface area contributed by atoms with E-state index >= 15 is 0 Å². The number of nitrogens with one attached hydrogen (secondary N) is 1. The third kappa shape index (κ3) is 2.61. The number of nitrogens with zero attached hydrogens (tertiary/aromatic N) is 1. The van der Waals surface area contributed by atoms with E-state index in [0.717, 1.165) is 11.3 Å². The molecule has 0 spiro atoms. The monoisotopic (exact) mass is 218 g/mol. The highest BCUT2D eigenvalue weighted by Gasteiger charge is 2.04. The molecule has 0 aliphatic carbocycles. The third-order valence-electron chi connectivity index (χ3n) is 2.24. The van der Waals surface area contributed by atoms with Crippen LogP contribution in [-0.4, -0.2) is 17.1 Å². The average Bonchev–Trinajstić information content (AvgIpc) is 2.70. The molecule has 0 radical (unpaired) electrons. The summed E-state index contributed by atoms with van der Waals surface area (Å²) in [5, 5.41) is 12.2. The summed E-state index contributed by atoms with van der Waals surface area (Å²) >= 11 is 0. The maximum absolute atomic E-state index is 9.15. The molecule has 4 heteroatoms. The second-order valence-electron chi connectivity index (χ2n) is 3.59. The third-order valence-corrected chi connectivity index (χ3v) is 2.24. The van der Waals surface area contributed by atoms with Crippen LogP contribution in [-0.2, 0) is 13.0 Å². The summed E-state index contributed by atoms with van der Waals surface area (Å²) in [4.78, 5) is 4.18. The highest BCUT2D eigenvalue weighted by Crippen LogP contribution is 2.14. The lowest BCUT2D eigenvalue weighted by atomic mass is 10.1. The van der Waals surface area contributed by atoms with Crippen molar-refractivity contribution in [3.63, 3.8) is 0 Å². The van der Waals surface area contributed by atoms with Gasteiger partial charge in [-0.3, -0.25) is 0 Å². The first-order valence-electron chi connectivity index (χ1n) is 5.14. The van der Waals surface area contributed by atoms with Gasteiger partial charge in [0.1, 0.15) is 11.5 Å². The lowest BCUT2D eigenvalue weighted by Crippen LogP contribution is -2.03. The quantitative estimate of drug-likeness (QED) is 0.820. The van der Waals surface area contributed by atoms with E-state index in [2.05, 4.69) is 10.3 Å². The molecule has 0 saturated carbocycles. The molecule has 0 unspecified atom stereocenters. The molecule has 16 heavy (non-hydrogen) atoms. The van der Waals surface area contributed by atoms with Crippen molar-refractivity contribution in [3.05, 3.63) is 47.7 Å². The van der Waals surface area contributed by atoms with Gasteiger partial charge in [-0.05, 0) is 24.7 Å². The van der Waals surface area contributed by atoms with Gasteiger partial charge in [0.15, 0.2) is 5.89 Å². The summed E-state index contributed by atoms with van der Waals surface area (Å²) in [7, 11) is 1.86. The Morgan fingerprint density at radius 3 is 2.75 bits per heavy atom. The van der Waals surface area contributed by atoms with E-state index in [1.165, 1.54) is 0 Å². The van der Waals surface area contributed by atoms with Crippen LogP contribution in [0.5, 0.6) is 5.75 Å². The Morgan fingerprint density at radius 1 is 1.31 bits per heavy atom. The van der Waals surface area contributed by atoms with Gasteiger partial charge in [0.05, 0.1) is 12.7 Å². The number of aromatic hydroxyl groups is 1. The van der Waals surface area contributed by atoms with Gasteiger partial charge < -0.3 is 14.8 Å². The molecule has 2 rings (SSSR count). The van der Waals surface area contributed by atoms with E-state index < -0.39 is 0 Å². The second kappa shape index (κ2) is 4.81. The highest BCUT2D eigenvalue weighted by atomic mass is 16.4. The Hall–Kier alpha value is -1.81. The molecule has 0 saturated heterocycles. The minimum atomic E-state index is 0.270. The SMILES string of the molecule is CNCc1cnc(Cc2ccc(O)cc2)o1. The number of hydrogen-bond donors (Lipinski definition) is 2. The zero-order valence-electron chi connectivity index (χ0n) is 9.10. The Kier molecular flexibility index (Phi) is 3.22. The first-order valence-corrected chi connectivity index (χ1v) is 5.14. The standard InChI is InChI=1S/C12H14N2O2/c1-13-7-11-8-14-12(16-11)6-9-2-4-10(15)5-3-9/h2-5,8,13,15H,6-7H2,1H3. The van der Waals surface area contributed by atoms with Crippen molar-refractivity contribution in [1.29, 1.82) is 0 Å². The normalized spacial score (nSPS) is 10.6.